The van der Waals surface area contributed by atoms with Crippen LogP contribution in [0.4, 0.5) is 5.69 Å². The summed E-state index contributed by atoms with van der Waals surface area (Å²) in [5.41, 5.74) is 7.80. The lowest BCUT2D eigenvalue weighted by Crippen LogP contribution is -2.42. The lowest BCUT2D eigenvalue weighted by Gasteiger charge is -2.33. The first-order valence-corrected chi connectivity index (χ1v) is 5.90. The molecule has 2 fully saturated rings. The largest absolute Gasteiger partial charge is 0.371 e. The van der Waals surface area contributed by atoms with Crippen molar-refractivity contribution >= 4 is 5.69 Å². The van der Waals surface area contributed by atoms with E-state index in [4.69, 9.17) is 10.5 Å². The summed E-state index contributed by atoms with van der Waals surface area (Å²) in [6.45, 7) is 2.51. The van der Waals surface area contributed by atoms with Crippen LogP contribution in [-0.2, 0) is 11.3 Å². The maximum Gasteiger partial charge on any atom is 0.0755 e. The topological polar surface area (TPSA) is 51.4 Å². The molecule has 0 spiro atoms. The van der Waals surface area contributed by atoms with Crippen LogP contribution < -0.4 is 10.6 Å². The molecule has 2 N–H and O–H groups in total. The van der Waals surface area contributed by atoms with Gasteiger partial charge in [0.25, 0.3) is 0 Å². The number of aromatic nitrogens is 1. The molecule has 3 rings (SSSR count). The highest BCUT2D eigenvalue weighted by molar-refractivity contribution is 5.47. The van der Waals surface area contributed by atoms with E-state index in [1.807, 2.05) is 6.20 Å². The summed E-state index contributed by atoms with van der Waals surface area (Å²) < 4.78 is 5.82. The fraction of sp³-hybridized carbons (Fsp3) is 0.583. The third-order valence-electron chi connectivity index (χ3n) is 3.42. The van der Waals surface area contributed by atoms with Crippen molar-refractivity contribution in [2.24, 2.45) is 5.73 Å². The molecule has 0 amide bonds. The van der Waals surface area contributed by atoms with E-state index in [-0.39, 0.29) is 0 Å². The second-order valence-electron chi connectivity index (χ2n) is 4.57. The summed E-state index contributed by atoms with van der Waals surface area (Å²) in [5, 5.41) is 0. The first-order valence-electron chi connectivity index (χ1n) is 5.90. The van der Waals surface area contributed by atoms with E-state index >= 15 is 0 Å². The zero-order valence-electron chi connectivity index (χ0n) is 9.30. The first-order chi connectivity index (χ1) is 7.85. The van der Waals surface area contributed by atoms with Gasteiger partial charge in [0.05, 0.1) is 17.9 Å². The highest BCUT2D eigenvalue weighted by Crippen LogP contribution is 2.29. The van der Waals surface area contributed by atoms with Crippen molar-refractivity contribution < 1.29 is 4.74 Å². The molecule has 2 saturated heterocycles. The van der Waals surface area contributed by atoms with Crippen molar-refractivity contribution in [2.75, 3.05) is 18.0 Å². The van der Waals surface area contributed by atoms with Gasteiger partial charge in [-0.05, 0) is 25.0 Å². The summed E-state index contributed by atoms with van der Waals surface area (Å²) in [6, 6.07) is 4.15. The van der Waals surface area contributed by atoms with Crippen molar-refractivity contribution in [3.05, 3.63) is 24.0 Å². The number of fused-ring (bicyclic) bond motifs is 2. The number of nitrogens with zero attached hydrogens (tertiary/aromatic N) is 2. The maximum absolute atomic E-state index is 5.82. The van der Waals surface area contributed by atoms with Gasteiger partial charge in [0.1, 0.15) is 0 Å². The zero-order valence-corrected chi connectivity index (χ0v) is 9.30. The van der Waals surface area contributed by atoms with Crippen molar-refractivity contribution in [2.45, 2.75) is 31.6 Å². The van der Waals surface area contributed by atoms with Crippen LogP contribution >= 0.6 is 0 Å². The van der Waals surface area contributed by atoms with E-state index in [1.165, 1.54) is 18.5 Å². The molecular weight excluding hydrogens is 202 g/mol. The summed E-state index contributed by atoms with van der Waals surface area (Å²) in [7, 11) is 0. The number of anilines is 1. The Hall–Kier alpha value is -1.13. The Balaban J connectivity index is 1.81. The van der Waals surface area contributed by atoms with E-state index in [0.717, 1.165) is 18.8 Å². The molecule has 0 aromatic carbocycles. The van der Waals surface area contributed by atoms with Crippen LogP contribution in [0.25, 0.3) is 0 Å². The predicted octanol–water partition coefficient (Wildman–Crippen LogP) is 0.908. The van der Waals surface area contributed by atoms with Crippen LogP contribution in [0.3, 0.4) is 0 Å². The Kier molecular flexibility index (Phi) is 2.53. The fourth-order valence-electron chi connectivity index (χ4n) is 2.60. The Morgan fingerprint density at radius 2 is 2.12 bits per heavy atom. The first kappa shape index (κ1) is 10.1. The molecule has 2 aliphatic heterocycles. The fourth-order valence-corrected chi connectivity index (χ4v) is 2.60. The highest BCUT2D eigenvalue weighted by atomic mass is 16.5. The minimum atomic E-state index is 0.424. The van der Waals surface area contributed by atoms with E-state index in [9.17, 15) is 0 Å². The van der Waals surface area contributed by atoms with Gasteiger partial charge in [-0.15, -0.1) is 0 Å². The molecule has 4 heteroatoms. The SMILES string of the molecule is NCc1cc(N2CC3CCC(C2)O3)ccn1. The smallest absolute Gasteiger partial charge is 0.0755 e. The predicted molar refractivity (Wildman–Crippen MR) is 62.2 cm³/mol. The summed E-state index contributed by atoms with van der Waals surface area (Å²) in [4.78, 5) is 6.62. The van der Waals surface area contributed by atoms with Crippen LogP contribution in [0, 0.1) is 0 Å². The molecule has 2 aliphatic rings. The van der Waals surface area contributed by atoms with Gasteiger partial charge in [0.15, 0.2) is 0 Å². The molecule has 0 radical (unpaired) electrons. The molecule has 2 atom stereocenters. The third-order valence-corrected chi connectivity index (χ3v) is 3.42. The Labute approximate surface area is 95.4 Å². The van der Waals surface area contributed by atoms with Crippen LogP contribution in [0.2, 0.25) is 0 Å². The van der Waals surface area contributed by atoms with E-state index < -0.39 is 0 Å². The van der Waals surface area contributed by atoms with Crippen molar-refractivity contribution in [3.63, 3.8) is 0 Å². The molecular formula is C12H17N3O. The van der Waals surface area contributed by atoms with E-state index in [1.54, 1.807) is 0 Å². The summed E-state index contributed by atoms with van der Waals surface area (Å²) in [6.07, 6.45) is 5.10. The van der Waals surface area contributed by atoms with E-state index in [2.05, 4.69) is 22.0 Å². The number of morpholine rings is 1. The highest BCUT2D eigenvalue weighted by Gasteiger charge is 2.33. The van der Waals surface area contributed by atoms with Crippen LogP contribution in [-0.4, -0.2) is 30.3 Å². The molecule has 2 bridgehead atoms. The minimum Gasteiger partial charge on any atom is -0.371 e. The third kappa shape index (κ3) is 1.79. The molecule has 16 heavy (non-hydrogen) atoms. The standard InChI is InChI=1S/C12H17N3O/c13-6-9-5-10(3-4-14-9)15-7-11-1-2-12(8-15)16-11/h3-5,11-12H,1-2,6-8,13H2. The van der Waals surface area contributed by atoms with Gasteiger partial charge in [-0.2, -0.15) is 0 Å². The molecule has 1 aromatic rings. The van der Waals surface area contributed by atoms with Gasteiger partial charge in [0.2, 0.25) is 0 Å². The number of pyridine rings is 1. The van der Waals surface area contributed by atoms with Gasteiger partial charge < -0.3 is 15.4 Å². The Morgan fingerprint density at radius 3 is 2.81 bits per heavy atom. The van der Waals surface area contributed by atoms with Crippen molar-refractivity contribution in [1.82, 2.24) is 4.98 Å². The minimum absolute atomic E-state index is 0.424. The van der Waals surface area contributed by atoms with E-state index in [0.29, 0.717) is 18.8 Å². The number of ether oxygens (including phenoxy) is 1. The Bertz CT molecular complexity index is 370. The molecule has 2 unspecified atom stereocenters. The average molecular weight is 219 g/mol. The van der Waals surface area contributed by atoms with Crippen molar-refractivity contribution in [1.29, 1.82) is 0 Å². The normalized spacial score (nSPS) is 28.4. The zero-order chi connectivity index (χ0) is 11.0. The van der Waals surface area contributed by atoms with Gasteiger partial charge in [-0.25, -0.2) is 0 Å². The molecule has 0 aliphatic carbocycles. The second kappa shape index (κ2) is 4.03. The molecule has 0 saturated carbocycles. The second-order valence-corrected chi connectivity index (χ2v) is 4.57. The lowest BCUT2D eigenvalue weighted by molar-refractivity contribution is 0.0305. The van der Waals surface area contributed by atoms with Crippen LogP contribution in [0.15, 0.2) is 18.3 Å². The monoisotopic (exact) mass is 219 g/mol. The number of nitrogens with two attached hydrogens (primary N) is 1. The van der Waals surface area contributed by atoms with Gasteiger partial charge in [-0.1, -0.05) is 0 Å². The van der Waals surface area contributed by atoms with Crippen LogP contribution in [0.1, 0.15) is 18.5 Å². The number of hydrogen-bond donors (Lipinski definition) is 1. The maximum atomic E-state index is 5.82. The molecule has 4 nitrogen and oxygen atoms in total. The van der Waals surface area contributed by atoms with Gasteiger partial charge >= 0.3 is 0 Å². The molecule has 86 valence electrons. The summed E-state index contributed by atoms with van der Waals surface area (Å²) >= 11 is 0. The molecule has 3 heterocycles. The number of rotatable bonds is 2. The average Bonchev–Trinajstić information content (AvgIpc) is 2.68. The molecule has 1 aromatic heterocycles. The Morgan fingerprint density at radius 1 is 1.38 bits per heavy atom. The van der Waals surface area contributed by atoms with Gasteiger partial charge in [-0.3, -0.25) is 4.98 Å². The number of hydrogen-bond acceptors (Lipinski definition) is 4. The van der Waals surface area contributed by atoms with Crippen molar-refractivity contribution in [3.8, 4) is 0 Å². The van der Waals surface area contributed by atoms with Gasteiger partial charge in [0, 0.05) is 31.5 Å². The summed E-state index contributed by atoms with van der Waals surface area (Å²) in [5.74, 6) is 0. The quantitative estimate of drug-likeness (QED) is 0.803. The van der Waals surface area contributed by atoms with Crippen LogP contribution in [0.5, 0.6) is 0 Å². The lowest BCUT2D eigenvalue weighted by atomic mass is 10.2.